The average molecular weight is 333 g/mol. The molecular weight excluding hydrogens is 310 g/mol. The third-order valence-corrected chi connectivity index (χ3v) is 5.46. The molecule has 1 aromatic carbocycles. The highest BCUT2D eigenvalue weighted by Crippen LogP contribution is 2.25. The summed E-state index contributed by atoms with van der Waals surface area (Å²) >= 11 is 0. The van der Waals surface area contributed by atoms with E-state index in [9.17, 15) is 13.2 Å². The molecule has 5 heteroatoms. The van der Waals surface area contributed by atoms with Crippen molar-refractivity contribution in [2.45, 2.75) is 45.1 Å². The third kappa shape index (κ3) is 3.55. The van der Waals surface area contributed by atoms with Gasteiger partial charge in [0.1, 0.15) is 5.75 Å². The van der Waals surface area contributed by atoms with Crippen molar-refractivity contribution in [1.82, 2.24) is 4.57 Å². The molecule has 0 spiro atoms. The fourth-order valence-electron chi connectivity index (χ4n) is 3.04. The molecule has 0 saturated heterocycles. The number of benzene rings is 1. The Kier molecular flexibility index (Phi) is 4.53. The standard InChI is InChI=1S/C18H23NO3S/c1-13-11-16(14(2)19(13)18(3,4)5)17(20)12-23(21,22)15-9-7-6-8-10-15/h6-11H,12H2,1-5H3. The molecule has 0 unspecified atom stereocenters. The Hall–Kier alpha value is -1.88. The smallest absolute Gasteiger partial charge is 0.185 e. The molecule has 2 aromatic rings. The van der Waals surface area contributed by atoms with Crippen LogP contribution in [-0.2, 0) is 15.4 Å². The molecule has 23 heavy (non-hydrogen) atoms. The molecule has 4 nitrogen and oxygen atoms in total. The van der Waals surface area contributed by atoms with E-state index in [0.717, 1.165) is 11.4 Å². The Balaban J connectivity index is 2.36. The lowest BCUT2D eigenvalue weighted by molar-refractivity contribution is 0.102. The third-order valence-electron chi connectivity index (χ3n) is 3.83. The van der Waals surface area contributed by atoms with E-state index in [1.807, 2.05) is 13.8 Å². The van der Waals surface area contributed by atoms with E-state index in [-0.39, 0.29) is 16.2 Å². The Labute approximate surface area is 138 Å². The zero-order chi connectivity index (χ0) is 17.4. The summed E-state index contributed by atoms with van der Waals surface area (Å²) in [4.78, 5) is 12.7. The van der Waals surface area contributed by atoms with Gasteiger partial charge >= 0.3 is 0 Å². The van der Waals surface area contributed by atoms with Crippen LogP contribution in [0.15, 0.2) is 41.3 Å². The molecule has 0 aliphatic rings. The van der Waals surface area contributed by atoms with Crippen molar-refractivity contribution in [1.29, 1.82) is 0 Å². The second-order valence-corrected chi connectivity index (χ2v) is 8.78. The number of carbonyl (C=O) groups is 1. The molecule has 2 rings (SSSR count). The minimum atomic E-state index is -3.62. The van der Waals surface area contributed by atoms with E-state index in [0.29, 0.717) is 5.56 Å². The van der Waals surface area contributed by atoms with E-state index in [1.165, 1.54) is 12.1 Å². The molecular formula is C18H23NO3S. The molecule has 0 saturated carbocycles. The summed E-state index contributed by atoms with van der Waals surface area (Å²) in [5, 5.41) is 0. The summed E-state index contributed by atoms with van der Waals surface area (Å²) in [6, 6.07) is 9.87. The molecule has 1 heterocycles. The molecule has 0 radical (unpaired) electrons. The topological polar surface area (TPSA) is 56.1 Å². The zero-order valence-corrected chi connectivity index (χ0v) is 15.1. The fourth-order valence-corrected chi connectivity index (χ4v) is 4.28. The largest absolute Gasteiger partial charge is 0.343 e. The number of aromatic nitrogens is 1. The van der Waals surface area contributed by atoms with Gasteiger partial charge in [-0.1, -0.05) is 18.2 Å². The van der Waals surface area contributed by atoms with Crippen molar-refractivity contribution in [3.63, 3.8) is 0 Å². The first-order chi connectivity index (χ1) is 10.5. The molecule has 124 valence electrons. The van der Waals surface area contributed by atoms with Gasteiger partial charge in [0.2, 0.25) is 0 Å². The molecule has 0 bridgehead atoms. The Bertz CT molecular complexity index is 825. The molecule has 0 fully saturated rings. The number of hydrogen-bond donors (Lipinski definition) is 0. The highest BCUT2D eigenvalue weighted by molar-refractivity contribution is 7.92. The van der Waals surface area contributed by atoms with Crippen LogP contribution in [0.2, 0.25) is 0 Å². The van der Waals surface area contributed by atoms with E-state index < -0.39 is 15.6 Å². The summed E-state index contributed by atoms with van der Waals surface area (Å²) in [5.74, 6) is -0.872. The number of ketones is 1. The van der Waals surface area contributed by atoms with Crippen molar-refractivity contribution in [2.24, 2.45) is 0 Å². The Morgan fingerprint density at radius 3 is 2.13 bits per heavy atom. The van der Waals surface area contributed by atoms with Gasteiger partial charge in [0.25, 0.3) is 0 Å². The van der Waals surface area contributed by atoms with Crippen LogP contribution < -0.4 is 0 Å². The van der Waals surface area contributed by atoms with Gasteiger partial charge < -0.3 is 4.57 Å². The molecule has 0 amide bonds. The van der Waals surface area contributed by atoms with Gasteiger partial charge in [-0.3, -0.25) is 4.79 Å². The first kappa shape index (κ1) is 17.5. The van der Waals surface area contributed by atoms with Crippen LogP contribution >= 0.6 is 0 Å². The van der Waals surface area contributed by atoms with Gasteiger partial charge in [0, 0.05) is 22.5 Å². The molecule has 1 aromatic heterocycles. The highest BCUT2D eigenvalue weighted by Gasteiger charge is 2.26. The number of carbonyl (C=O) groups excluding carboxylic acids is 1. The maximum absolute atomic E-state index is 12.6. The first-order valence-corrected chi connectivity index (χ1v) is 9.19. The molecule has 0 atom stereocenters. The van der Waals surface area contributed by atoms with Crippen molar-refractivity contribution in [2.75, 3.05) is 5.75 Å². The van der Waals surface area contributed by atoms with Crippen molar-refractivity contribution >= 4 is 15.6 Å². The van der Waals surface area contributed by atoms with Crippen LogP contribution in [0.3, 0.4) is 0 Å². The van der Waals surface area contributed by atoms with Gasteiger partial charge in [-0.2, -0.15) is 0 Å². The van der Waals surface area contributed by atoms with Crippen LogP contribution in [0, 0.1) is 13.8 Å². The van der Waals surface area contributed by atoms with E-state index in [1.54, 1.807) is 24.3 Å². The molecule has 0 N–H and O–H groups in total. The van der Waals surface area contributed by atoms with Crippen LogP contribution in [0.25, 0.3) is 0 Å². The van der Waals surface area contributed by atoms with Gasteiger partial charge in [0.05, 0.1) is 4.90 Å². The van der Waals surface area contributed by atoms with Crippen LogP contribution in [0.5, 0.6) is 0 Å². The average Bonchev–Trinajstić information content (AvgIpc) is 2.74. The number of hydrogen-bond acceptors (Lipinski definition) is 3. The highest BCUT2D eigenvalue weighted by atomic mass is 32.2. The zero-order valence-electron chi connectivity index (χ0n) is 14.3. The lowest BCUT2D eigenvalue weighted by Crippen LogP contribution is -2.25. The van der Waals surface area contributed by atoms with E-state index in [2.05, 4.69) is 25.3 Å². The second kappa shape index (κ2) is 5.96. The van der Waals surface area contributed by atoms with Crippen molar-refractivity contribution < 1.29 is 13.2 Å². The lowest BCUT2D eigenvalue weighted by Gasteiger charge is -2.25. The summed E-state index contributed by atoms with van der Waals surface area (Å²) in [6.07, 6.45) is 0. The number of aryl methyl sites for hydroxylation is 1. The number of Topliss-reactive ketones (excluding diaryl/α,β-unsaturated/α-hetero) is 1. The van der Waals surface area contributed by atoms with Crippen LogP contribution in [-0.4, -0.2) is 24.5 Å². The first-order valence-electron chi connectivity index (χ1n) is 7.54. The van der Waals surface area contributed by atoms with Gasteiger partial charge in [0.15, 0.2) is 15.6 Å². The Morgan fingerprint density at radius 2 is 1.65 bits per heavy atom. The van der Waals surface area contributed by atoms with Gasteiger partial charge in [-0.25, -0.2) is 8.42 Å². The normalized spacial score (nSPS) is 12.4. The maximum Gasteiger partial charge on any atom is 0.185 e. The van der Waals surface area contributed by atoms with Crippen molar-refractivity contribution in [3.8, 4) is 0 Å². The van der Waals surface area contributed by atoms with Gasteiger partial charge in [-0.05, 0) is 52.8 Å². The molecule has 0 aliphatic heterocycles. The van der Waals surface area contributed by atoms with Crippen molar-refractivity contribution in [3.05, 3.63) is 53.3 Å². The number of sulfone groups is 1. The van der Waals surface area contributed by atoms with Crippen LogP contribution in [0.4, 0.5) is 0 Å². The minimum Gasteiger partial charge on any atom is -0.343 e. The number of rotatable bonds is 4. The minimum absolute atomic E-state index is 0.162. The summed E-state index contributed by atoms with van der Waals surface area (Å²) in [6.45, 7) is 9.97. The summed E-state index contributed by atoms with van der Waals surface area (Å²) < 4.78 is 26.8. The van der Waals surface area contributed by atoms with E-state index >= 15 is 0 Å². The fraction of sp³-hybridized carbons (Fsp3) is 0.389. The molecule has 0 aliphatic carbocycles. The van der Waals surface area contributed by atoms with Crippen LogP contribution in [0.1, 0.15) is 42.5 Å². The monoisotopic (exact) mass is 333 g/mol. The predicted molar refractivity (Wildman–Crippen MR) is 91.7 cm³/mol. The summed E-state index contributed by atoms with van der Waals surface area (Å²) in [7, 11) is -3.62. The van der Waals surface area contributed by atoms with Gasteiger partial charge in [-0.15, -0.1) is 0 Å². The summed E-state index contributed by atoms with van der Waals surface area (Å²) in [5.41, 5.74) is 2.08. The maximum atomic E-state index is 12.6. The quantitative estimate of drug-likeness (QED) is 0.805. The second-order valence-electron chi connectivity index (χ2n) is 6.79. The predicted octanol–water partition coefficient (Wildman–Crippen LogP) is 3.52. The lowest BCUT2D eigenvalue weighted by atomic mass is 10.1. The Morgan fingerprint density at radius 1 is 1.09 bits per heavy atom. The number of nitrogens with zero attached hydrogens (tertiary/aromatic N) is 1. The van der Waals surface area contributed by atoms with E-state index in [4.69, 9.17) is 0 Å². The SMILES string of the molecule is Cc1cc(C(=O)CS(=O)(=O)c2ccccc2)c(C)n1C(C)(C)C.